The number of hydrogen-bond acceptors (Lipinski definition) is 5. The number of halogens is 1. The van der Waals surface area contributed by atoms with Crippen LogP contribution in [0.3, 0.4) is 0 Å². The van der Waals surface area contributed by atoms with Gasteiger partial charge in [0.1, 0.15) is 5.75 Å². The summed E-state index contributed by atoms with van der Waals surface area (Å²) in [4.78, 5) is 34.1. The number of esters is 1. The van der Waals surface area contributed by atoms with Gasteiger partial charge in [0.25, 0.3) is 5.91 Å². The maximum absolute atomic E-state index is 11.7. The molecule has 7 nitrogen and oxygen atoms in total. The van der Waals surface area contributed by atoms with Crippen molar-refractivity contribution in [2.24, 2.45) is 11.7 Å². The number of carbonyl (C=O) groups excluding carboxylic acids is 3. The lowest BCUT2D eigenvalue weighted by atomic mass is 10.1. The fourth-order valence-corrected chi connectivity index (χ4v) is 1.74. The molecule has 0 saturated carbocycles. The van der Waals surface area contributed by atoms with Gasteiger partial charge in [-0.3, -0.25) is 10.1 Å². The quantitative estimate of drug-likeness (QED) is 0.769. The molecule has 3 amide bonds. The number of nitrogens with one attached hydrogen (secondary N) is 1. The summed E-state index contributed by atoms with van der Waals surface area (Å²) in [7, 11) is 0. The summed E-state index contributed by atoms with van der Waals surface area (Å²) < 4.78 is 10.2. The van der Waals surface area contributed by atoms with Gasteiger partial charge in [0.2, 0.25) is 0 Å². The van der Waals surface area contributed by atoms with Gasteiger partial charge in [-0.15, -0.1) is 0 Å². The minimum absolute atomic E-state index is 0.338. The summed E-state index contributed by atoms with van der Waals surface area (Å²) in [6.45, 7) is 2.93. The topological polar surface area (TPSA) is 108 Å². The zero-order valence-corrected chi connectivity index (χ0v) is 12.9. The number of amides is 3. The second-order valence-electron chi connectivity index (χ2n) is 4.75. The molecule has 0 aliphatic carbocycles. The first kappa shape index (κ1) is 17.8. The lowest BCUT2D eigenvalue weighted by molar-refractivity contribution is -0.160. The van der Waals surface area contributed by atoms with Gasteiger partial charge in [-0.2, -0.15) is 0 Å². The summed E-state index contributed by atoms with van der Waals surface area (Å²) in [6.07, 6.45) is -1.14. The highest BCUT2D eigenvalue weighted by atomic mass is 35.5. The molecule has 0 fully saturated rings. The van der Waals surface area contributed by atoms with E-state index in [1.54, 1.807) is 32.0 Å². The highest BCUT2D eigenvalue weighted by Crippen LogP contribution is 2.17. The molecule has 1 aromatic carbocycles. The minimum atomic E-state index is -1.14. The Hall–Kier alpha value is -2.28. The van der Waals surface area contributed by atoms with E-state index in [-0.39, 0.29) is 5.92 Å². The summed E-state index contributed by atoms with van der Waals surface area (Å²) in [5.74, 6) is -1.47. The first-order valence-electron chi connectivity index (χ1n) is 6.47. The molecule has 0 bridgehead atoms. The Balaban J connectivity index is 2.56. The Bertz CT molecular complexity index is 562. The fraction of sp³-hybridized carbons (Fsp3) is 0.357. The van der Waals surface area contributed by atoms with Crippen molar-refractivity contribution in [2.45, 2.75) is 20.0 Å². The zero-order chi connectivity index (χ0) is 16.7. The molecule has 120 valence electrons. The standard InChI is InChI=1S/C14H17ClN2O5/c1-8(2)12(13(19)17-14(16)20)22-11(18)7-21-10-5-3-4-9(15)6-10/h3-6,8,12H,7H2,1-2H3,(H3,16,17,19,20). The molecule has 1 unspecified atom stereocenters. The number of carbonyl (C=O) groups is 3. The van der Waals surface area contributed by atoms with Crippen LogP contribution < -0.4 is 15.8 Å². The zero-order valence-electron chi connectivity index (χ0n) is 12.2. The molecule has 0 radical (unpaired) electrons. The van der Waals surface area contributed by atoms with E-state index in [0.29, 0.717) is 10.8 Å². The summed E-state index contributed by atoms with van der Waals surface area (Å²) in [5, 5.41) is 2.34. The second kappa shape index (κ2) is 8.23. The van der Waals surface area contributed by atoms with Crippen LogP contribution in [-0.2, 0) is 14.3 Å². The van der Waals surface area contributed by atoms with E-state index < -0.39 is 30.6 Å². The van der Waals surface area contributed by atoms with Crippen molar-refractivity contribution in [1.29, 1.82) is 0 Å². The molecule has 1 atom stereocenters. The maximum atomic E-state index is 11.7. The molecule has 0 aliphatic heterocycles. The van der Waals surface area contributed by atoms with Gasteiger partial charge in [0.05, 0.1) is 0 Å². The van der Waals surface area contributed by atoms with E-state index in [1.807, 2.05) is 5.32 Å². The van der Waals surface area contributed by atoms with Gasteiger partial charge in [-0.1, -0.05) is 31.5 Å². The number of primary amides is 1. The highest BCUT2D eigenvalue weighted by molar-refractivity contribution is 6.30. The van der Waals surface area contributed by atoms with Crippen LogP contribution in [0.25, 0.3) is 0 Å². The summed E-state index contributed by atoms with van der Waals surface area (Å²) in [6, 6.07) is 5.48. The molecule has 1 rings (SSSR count). The minimum Gasteiger partial charge on any atom is -0.482 e. The molecule has 0 saturated heterocycles. The fourth-order valence-electron chi connectivity index (χ4n) is 1.56. The molecule has 8 heteroatoms. The average Bonchev–Trinajstić information content (AvgIpc) is 2.41. The third-order valence-electron chi connectivity index (χ3n) is 2.52. The van der Waals surface area contributed by atoms with E-state index in [1.165, 1.54) is 6.07 Å². The Morgan fingerprint density at radius 2 is 2.00 bits per heavy atom. The molecule has 1 aromatic rings. The lowest BCUT2D eigenvalue weighted by Gasteiger charge is -2.19. The molecule has 0 aromatic heterocycles. The van der Waals surface area contributed by atoms with Gasteiger partial charge < -0.3 is 15.2 Å². The maximum Gasteiger partial charge on any atom is 0.344 e. The van der Waals surface area contributed by atoms with Crippen LogP contribution >= 0.6 is 11.6 Å². The molecule has 0 aliphatic rings. The van der Waals surface area contributed by atoms with Crippen LogP contribution in [0.2, 0.25) is 5.02 Å². The first-order chi connectivity index (χ1) is 10.3. The van der Waals surface area contributed by atoms with Crippen LogP contribution in [-0.4, -0.2) is 30.6 Å². The highest BCUT2D eigenvalue weighted by Gasteiger charge is 2.27. The van der Waals surface area contributed by atoms with Crippen molar-refractivity contribution in [1.82, 2.24) is 5.32 Å². The second-order valence-corrected chi connectivity index (χ2v) is 5.19. The number of rotatable bonds is 6. The molecule has 3 N–H and O–H groups in total. The largest absolute Gasteiger partial charge is 0.482 e. The molecular formula is C14H17ClN2O5. The van der Waals surface area contributed by atoms with Gasteiger partial charge >= 0.3 is 12.0 Å². The van der Waals surface area contributed by atoms with Crippen molar-refractivity contribution in [3.05, 3.63) is 29.3 Å². The number of nitrogens with two attached hydrogens (primary N) is 1. The SMILES string of the molecule is CC(C)C(OC(=O)COc1cccc(Cl)c1)C(=O)NC(N)=O. The van der Waals surface area contributed by atoms with Gasteiger partial charge in [-0.25, -0.2) is 9.59 Å². The monoisotopic (exact) mass is 328 g/mol. The van der Waals surface area contributed by atoms with E-state index in [2.05, 4.69) is 0 Å². The van der Waals surface area contributed by atoms with Crippen molar-refractivity contribution < 1.29 is 23.9 Å². The average molecular weight is 329 g/mol. The Morgan fingerprint density at radius 1 is 1.32 bits per heavy atom. The van der Waals surface area contributed by atoms with Crippen LogP contribution in [0.15, 0.2) is 24.3 Å². The Labute approximate surface area is 132 Å². The van der Waals surface area contributed by atoms with Crippen LogP contribution in [0, 0.1) is 5.92 Å². The van der Waals surface area contributed by atoms with Crippen LogP contribution in [0.5, 0.6) is 5.75 Å². The molecule has 0 spiro atoms. The number of ether oxygens (including phenoxy) is 2. The third-order valence-corrected chi connectivity index (χ3v) is 2.76. The lowest BCUT2D eigenvalue weighted by Crippen LogP contribution is -2.46. The summed E-state index contributed by atoms with van der Waals surface area (Å²) >= 11 is 5.78. The van der Waals surface area contributed by atoms with E-state index in [4.69, 9.17) is 26.8 Å². The van der Waals surface area contributed by atoms with Gasteiger partial charge in [0, 0.05) is 5.02 Å². The Morgan fingerprint density at radius 3 is 2.55 bits per heavy atom. The summed E-state index contributed by atoms with van der Waals surface area (Å²) in [5.41, 5.74) is 4.86. The molecule has 22 heavy (non-hydrogen) atoms. The van der Waals surface area contributed by atoms with Gasteiger partial charge in [0.15, 0.2) is 12.7 Å². The smallest absolute Gasteiger partial charge is 0.344 e. The van der Waals surface area contributed by atoms with Crippen LogP contribution in [0.1, 0.15) is 13.8 Å². The van der Waals surface area contributed by atoms with E-state index in [0.717, 1.165) is 0 Å². The van der Waals surface area contributed by atoms with Crippen molar-refractivity contribution in [2.75, 3.05) is 6.61 Å². The Kier molecular flexibility index (Phi) is 6.65. The predicted molar refractivity (Wildman–Crippen MR) is 79.4 cm³/mol. The van der Waals surface area contributed by atoms with E-state index >= 15 is 0 Å². The van der Waals surface area contributed by atoms with Crippen molar-refractivity contribution in [3.63, 3.8) is 0 Å². The predicted octanol–water partition coefficient (Wildman–Crippen LogP) is 1.48. The third kappa shape index (κ3) is 6.01. The molecular weight excluding hydrogens is 312 g/mol. The van der Waals surface area contributed by atoms with Crippen molar-refractivity contribution >= 4 is 29.5 Å². The molecule has 0 heterocycles. The van der Waals surface area contributed by atoms with Gasteiger partial charge in [-0.05, 0) is 24.1 Å². The number of hydrogen-bond donors (Lipinski definition) is 2. The number of urea groups is 1. The number of imide groups is 1. The first-order valence-corrected chi connectivity index (χ1v) is 6.85. The van der Waals surface area contributed by atoms with Crippen molar-refractivity contribution in [3.8, 4) is 5.75 Å². The van der Waals surface area contributed by atoms with Crippen LogP contribution in [0.4, 0.5) is 4.79 Å². The normalized spacial score (nSPS) is 11.6. The van der Waals surface area contributed by atoms with E-state index in [9.17, 15) is 14.4 Å². The number of benzene rings is 1.